The van der Waals surface area contributed by atoms with Gasteiger partial charge in [0.25, 0.3) is 0 Å². The van der Waals surface area contributed by atoms with E-state index in [1.165, 1.54) is 21.9 Å². The van der Waals surface area contributed by atoms with E-state index in [2.05, 4.69) is 10.4 Å². The van der Waals surface area contributed by atoms with Crippen LogP contribution in [0.15, 0.2) is 60.7 Å². The second-order valence-electron chi connectivity index (χ2n) is 6.91. The molecule has 0 radical (unpaired) electrons. The molecule has 8 heteroatoms. The number of nitrogens with zero attached hydrogens (tertiary/aromatic N) is 4. The first kappa shape index (κ1) is 21.0. The van der Waals surface area contributed by atoms with Crippen LogP contribution in [0.5, 0.6) is 0 Å². The van der Waals surface area contributed by atoms with Gasteiger partial charge >= 0.3 is 6.03 Å². The van der Waals surface area contributed by atoms with E-state index in [0.717, 1.165) is 5.56 Å². The van der Waals surface area contributed by atoms with Crippen molar-refractivity contribution in [3.8, 4) is 16.9 Å². The van der Waals surface area contributed by atoms with Crippen molar-refractivity contribution < 1.29 is 14.0 Å². The quantitative estimate of drug-likeness (QED) is 0.676. The molecule has 0 aliphatic carbocycles. The van der Waals surface area contributed by atoms with Crippen molar-refractivity contribution in [1.29, 1.82) is 0 Å². The summed E-state index contributed by atoms with van der Waals surface area (Å²) in [5.41, 5.74) is 2.14. The van der Waals surface area contributed by atoms with Crippen LogP contribution < -0.4 is 5.32 Å². The molecule has 1 heterocycles. The summed E-state index contributed by atoms with van der Waals surface area (Å²) in [5, 5.41) is 7.41. The minimum atomic E-state index is -0.361. The molecule has 0 aliphatic heterocycles. The maximum Gasteiger partial charge on any atom is 0.319 e. The summed E-state index contributed by atoms with van der Waals surface area (Å²) in [7, 11) is 3.28. The number of hydrogen-bond acceptors (Lipinski definition) is 3. The zero-order chi connectivity index (χ0) is 21.7. The van der Waals surface area contributed by atoms with Gasteiger partial charge in [-0.2, -0.15) is 5.10 Å². The number of carbonyl (C=O) groups excluding carboxylic acids is 2. The monoisotopic (exact) mass is 409 g/mol. The Hall–Kier alpha value is -3.68. The number of rotatable bonds is 6. The van der Waals surface area contributed by atoms with E-state index < -0.39 is 0 Å². The van der Waals surface area contributed by atoms with Crippen LogP contribution >= 0.6 is 0 Å². The van der Waals surface area contributed by atoms with Crippen LogP contribution in [0.25, 0.3) is 16.9 Å². The molecule has 30 heavy (non-hydrogen) atoms. The van der Waals surface area contributed by atoms with E-state index in [1.807, 2.05) is 37.3 Å². The highest BCUT2D eigenvalue weighted by molar-refractivity contribution is 5.94. The average molecular weight is 409 g/mol. The lowest BCUT2D eigenvalue weighted by Gasteiger charge is -2.24. The van der Waals surface area contributed by atoms with E-state index in [-0.39, 0.29) is 24.3 Å². The lowest BCUT2D eigenvalue weighted by atomic mass is 10.1. The van der Waals surface area contributed by atoms with Crippen LogP contribution in [0.2, 0.25) is 0 Å². The van der Waals surface area contributed by atoms with Gasteiger partial charge in [0.1, 0.15) is 18.2 Å². The first-order valence-electron chi connectivity index (χ1n) is 9.56. The average Bonchev–Trinajstić information content (AvgIpc) is 3.16. The van der Waals surface area contributed by atoms with E-state index in [0.29, 0.717) is 23.7 Å². The Morgan fingerprint density at radius 3 is 2.33 bits per heavy atom. The Bertz CT molecular complexity index is 1020. The Labute approximate surface area is 174 Å². The molecule has 1 N–H and O–H groups in total. The summed E-state index contributed by atoms with van der Waals surface area (Å²) in [4.78, 5) is 27.7. The van der Waals surface area contributed by atoms with Gasteiger partial charge in [-0.15, -0.1) is 0 Å². The van der Waals surface area contributed by atoms with Gasteiger partial charge in [-0.1, -0.05) is 30.3 Å². The fourth-order valence-electron chi connectivity index (χ4n) is 2.95. The van der Waals surface area contributed by atoms with Gasteiger partial charge in [0.2, 0.25) is 5.91 Å². The minimum Gasteiger partial charge on any atom is -0.331 e. The van der Waals surface area contributed by atoms with E-state index in [1.54, 1.807) is 37.0 Å². The molecule has 2 aromatic carbocycles. The van der Waals surface area contributed by atoms with Crippen molar-refractivity contribution in [3.63, 3.8) is 0 Å². The zero-order valence-corrected chi connectivity index (χ0v) is 17.2. The molecule has 0 fully saturated rings. The van der Waals surface area contributed by atoms with Crippen molar-refractivity contribution in [2.24, 2.45) is 0 Å². The summed E-state index contributed by atoms with van der Waals surface area (Å²) < 4.78 is 14.9. The summed E-state index contributed by atoms with van der Waals surface area (Å²) >= 11 is 0. The number of halogens is 1. The molecule has 3 aromatic rings. The molecular formula is C22H24FN5O2. The number of carbonyl (C=O) groups is 2. The molecule has 1 aromatic heterocycles. The number of likely N-dealkylation sites (N-methyl/N-ethyl adjacent to an activating group) is 1. The molecule has 0 saturated carbocycles. The van der Waals surface area contributed by atoms with Crippen molar-refractivity contribution >= 4 is 17.8 Å². The maximum atomic E-state index is 13.4. The van der Waals surface area contributed by atoms with Crippen LogP contribution in [0.4, 0.5) is 15.0 Å². The number of hydrogen-bond donors (Lipinski definition) is 1. The van der Waals surface area contributed by atoms with Crippen molar-refractivity contribution in [1.82, 2.24) is 19.6 Å². The number of nitrogens with one attached hydrogen (secondary N) is 1. The fourth-order valence-corrected chi connectivity index (χ4v) is 2.95. The molecule has 156 valence electrons. The van der Waals surface area contributed by atoms with E-state index >= 15 is 0 Å². The first-order chi connectivity index (χ1) is 14.4. The lowest BCUT2D eigenvalue weighted by molar-refractivity contribution is -0.116. The predicted molar refractivity (Wildman–Crippen MR) is 114 cm³/mol. The maximum absolute atomic E-state index is 13.4. The van der Waals surface area contributed by atoms with Crippen LogP contribution in [-0.2, 0) is 4.79 Å². The zero-order valence-electron chi connectivity index (χ0n) is 17.2. The molecular weight excluding hydrogens is 385 g/mol. The van der Waals surface area contributed by atoms with Crippen LogP contribution in [0.1, 0.15) is 6.92 Å². The fraction of sp³-hybridized carbons (Fsp3) is 0.227. The topological polar surface area (TPSA) is 70.5 Å². The Morgan fingerprint density at radius 1 is 1.07 bits per heavy atom. The summed E-state index contributed by atoms with van der Waals surface area (Å²) in [6, 6.07) is 16.9. The summed E-state index contributed by atoms with van der Waals surface area (Å²) in [6.07, 6.45) is 0. The minimum absolute atomic E-state index is 0.0945. The van der Waals surface area contributed by atoms with Gasteiger partial charge in [0.05, 0.1) is 11.4 Å². The Morgan fingerprint density at radius 2 is 1.73 bits per heavy atom. The second-order valence-corrected chi connectivity index (χ2v) is 6.91. The highest BCUT2D eigenvalue weighted by Gasteiger charge is 2.19. The van der Waals surface area contributed by atoms with Crippen molar-refractivity contribution in [2.75, 3.05) is 32.5 Å². The predicted octanol–water partition coefficient (Wildman–Crippen LogP) is 3.62. The SMILES string of the molecule is CCN(CC(=O)Nc1cc(-c2ccccc2)nn1-c1ccc(F)cc1)C(=O)N(C)C. The third-order valence-corrected chi connectivity index (χ3v) is 4.49. The molecule has 3 amide bonds. The standard InChI is InChI=1S/C22H24FN5O2/c1-4-27(22(30)26(2)3)15-21(29)24-20-14-19(16-8-6-5-7-9-16)25-28(20)18-12-10-17(23)11-13-18/h5-14H,4,15H2,1-3H3,(H,24,29). The van der Waals surface area contributed by atoms with Crippen molar-refractivity contribution in [2.45, 2.75) is 6.92 Å². The number of benzene rings is 2. The Kier molecular flexibility index (Phi) is 6.46. The third kappa shape index (κ3) is 4.83. The summed E-state index contributed by atoms with van der Waals surface area (Å²) in [5.74, 6) is -0.283. The first-order valence-corrected chi connectivity index (χ1v) is 9.56. The molecule has 0 bridgehead atoms. The van der Waals surface area contributed by atoms with Crippen LogP contribution in [0.3, 0.4) is 0 Å². The smallest absolute Gasteiger partial charge is 0.319 e. The van der Waals surface area contributed by atoms with E-state index in [4.69, 9.17) is 0 Å². The molecule has 0 aliphatic rings. The highest BCUT2D eigenvalue weighted by atomic mass is 19.1. The van der Waals surface area contributed by atoms with Gasteiger partial charge in [-0.25, -0.2) is 13.9 Å². The number of urea groups is 1. The number of amides is 3. The molecule has 3 rings (SSSR count). The highest BCUT2D eigenvalue weighted by Crippen LogP contribution is 2.25. The van der Waals surface area contributed by atoms with Gasteiger partial charge in [0.15, 0.2) is 0 Å². The van der Waals surface area contributed by atoms with Gasteiger partial charge in [-0.05, 0) is 31.2 Å². The van der Waals surface area contributed by atoms with Crippen LogP contribution in [-0.4, -0.2) is 58.7 Å². The van der Waals surface area contributed by atoms with Crippen LogP contribution in [0, 0.1) is 5.82 Å². The molecule has 7 nitrogen and oxygen atoms in total. The van der Waals surface area contributed by atoms with Gasteiger partial charge in [-0.3, -0.25) is 4.79 Å². The van der Waals surface area contributed by atoms with Gasteiger partial charge < -0.3 is 15.1 Å². The lowest BCUT2D eigenvalue weighted by Crippen LogP contribution is -2.43. The van der Waals surface area contributed by atoms with Gasteiger partial charge in [0, 0.05) is 32.3 Å². The number of anilines is 1. The Balaban J connectivity index is 1.90. The second kappa shape index (κ2) is 9.21. The summed E-state index contributed by atoms with van der Waals surface area (Å²) in [6.45, 7) is 2.12. The number of aromatic nitrogens is 2. The van der Waals surface area contributed by atoms with E-state index in [9.17, 15) is 14.0 Å². The molecule has 0 saturated heterocycles. The normalized spacial score (nSPS) is 10.5. The molecule has 0 atom stereocenters. The largest absolute Gasteiger partial charge is 0.331 e. The van der Waals surface area contributed by atoms with Crippen molar-refractivity contribution in [3.05, 3.63) is 66.5 Å². The molecule has 0 spiro atoms. The molecule has 0 unspecified atom stereocenters. The third-order valence-electron chi connectivity index (χ3n) is 4.49.